The Hall–Kier alpha value is -3.39. The zero-order valence-corrected chi connectivity index (χ0v) is 18.0. The molecule has 8 nitrogen and oxygen atoms in total. The predicted molar refractivity (Wildman–Crippen MR) is 120 cm³/mol. The van der Waals surface area contributed by atoms with E-state index in [-0.39, 0.29) is 0 Å². The number of carboxylic acids is 2. The van der Waals surface area contributed by atoms with Crippen LogP contribution in [0.3, 0.4) is 0 Å². The highest BCUT2D eigenvalue weighted by atomic mass is 16.5. The van der Waals surface area contributed by atoms with Gasteiger partial charge in [0, 0.05) is 30.8 Å². The lowest BCUT2D eigenvalue weighted by atomic mass is 10.0. The van der Waals surface area contributed by atoms with E-state index < -0.39 is 11.9 Å². The van der Waals surface area contributed by atoms with E-state index >= 15 is 0 Å². The molecule has 1 aromatic heterocycles. The highest BCUT2D eigenvalue weighted by Crippen LogP contribution is 2.25. The molecule has 0 aliphatic carbocycles. The van der Waals surface area contributed by atoms with Crippen LogP contribution in [0.25, 0.3) is 0 Å². The molecule has 0 radical (unpaired) electrons. The molecule has 32 heavy (non-hydrogen) atoms. The van der Waals surface area contributed by atoms with Gasteiger partial charge in [-0.05, 0) is 49.9 Å². The fraction of sp³-hybridized carbons (Fsp3) is 0.375. The highest BCUT2D eigenvalue weighted by molar-refractivity contribution is 5.89. The second kappa shape index (κ2) is 14.6. The highest BCUT2D eigenvalue weighted by Gasteiger charge is 2.15. The number of rotatable bonds is 10. The Bertz CT molecular complexity index is 835. The minimum atomic E-state index is -1.26. The van der Waals surface area contributed by atoms with Gasteiger partial charge in [-0.3, -0.25) is 0 Å². The van der Waals surface area contributed by atoms with Crippen molar-refractivity contribution in [3.8, 4) is 11.6 Å². The van der Waals surface area contributed by atoms with Crippen LogP contribution in [0.15, 0.2) is 60.8 Å². The second-order valence-corrected chi connectivity index (χ2v) is 7.28. The maximum absolute atomic E-state index is 9.55. The summed E-state index contributed by atoms with van der Waals surface area (Å²) in [5.74, 6) is -0.582. The molecule has 2 aromatic rings. The van der Waals surface area contributed by atoms with Crippen LogP contribution in [0.5, 0.6) is 11.6 Å². The summed E-state index contributed by atoms with van der Waals surface area (Å²) in [6, 6.07) is 14.3. The Labute approximate surface area is 187 Å². The molecule has 0 bridgehead atoms. The minimum absolute atomic E-state index is 0.558. The molecule has 1 aromatic carbocycles. The number of hydrogen-bond acceptors (Lipinski definition) is 6. The van der Waals surface area contributed by atoms with Crippen LogP contribution >= 0.6 is 0 Å². The molecule has 172 valence electrons. The number of benzene rings is 1. The van der Waals surface area contributed by atoms with Crippen molar-refractivity contribution < 1.29 is 29.3 Å². The molecule has 0 saturated carbocycles. The molecule has 0 spiro atoms. The van der Waals surface area contributed by atoms with Crippen LogP contribution < -0.4 is 14.8 Å². The summed E-state index contributed by atoms with van der Waals surface area (Å²) in [5, 5.41) is 19.0. The summed E-state index contributed by atoms with van der Waals surface area (Å²) >= 11 is 0. The summed E-state index contributed by atoms with van der Waals surface area (Å²) in [4.78, 5) is 23.4. The number of aromatic nitrogens is 1. The zero-order chi connectivity index (χ0) is 23.0. The lowest BCUT2D eigenvalue weighted by molar-refractivity contribution is -0.134. The lowest BCUT2D eigenvalue weighted by Crippen LogP contribution is -2.33. The number of pyridine rings is 1. The van der Waals surface area contributed by atoms with Gasteiger partial charge in [0.2, 0.25) is 0 Å². The van der Waals surface area contributed by atoms with E-state index in [4.69, 9.17) is 19.7 Å². The number of carboxylic acid groups (broad SMARTS) is 2. The average molecular weight is 443 g/mol. The molecule has 2 heterocycles. The van der Waals surface area contributed by atoms with Gasteiger partial charge in [0.15, 0.2) is 5.75 Å². The summed E-state index contributed by atoms with van der Waals surface area (Å²) in [6.45, 7) is 3.53. The van der Waals surface area contributed by atoms with Crippen LogP contribution in [0, 0.1) is 5.92 Å². The Kier molecular flexibility index (Phi) is 11.3. The third-order valence-corrected chi connectivity index (χ3v) is 4.67. The van der Waals surface area contributed by atoms with Gasteiger partial charge in [-0.25, -0.2) is 14.6 Å². The number of hydrogen-bond donors (Lipinski definition) is 3. The maximum Gasteiger partial charge on any atom is 0.328 e. The first-order chi connectivity index (χ1) is 15.5. The molecule has 0 unspecified atom stereocenters. The van der Waals surface area contributed by atoms with Gasteiger partial charge >= 0.3 is 11.9 Å². The largest absolute Gasteiger partial charge is 0.488 e. The summed E-state index contributed by atoms with van der Waals surface area (Å²) < 4.78 is 11.8. The topological polar surface area (TPSA) is 118 Å². The molecule has 3 rings (SSSR count). The van der Waals surface area contributed by atoms with E-state index in [1.807, 2.05) is 18.2 Å². The molecule has 3 N–H and O–H groups in total. The van der Waals surface area contributed by atoms with Gasteiger partial charge in [0.25, 0.3) is 5.88 Å². The van der Waals surface area contributed by atoms with E-state index in [9.17, 15) is 9.59 Å². The molecule has 8 heteroatoms. The van der Waals surface area contributed by atoms with Crippen molar-refractivity contribution in [2.24, 2.45) is 5.92 Å². The van der Waals surface area contributed by atoms with Crippen molar-refractivity contribution >= 4 is 11.9 Å². The quantitative estimate of drug-likeness (QED) is 0.379. The average Bonchev–Trinajstić information content (AvgIpc) is 2.81. The van der Waals surface area contributed by atoms with Gasteiger partial charge in [-0.2, -0.15) is 0 Å². The van der Waals surface area contributed by atoms with Crippen LogP contribution in [-0.2, 0) is 16.0 Å². The van der Waals surface area contributed by atoms with Gasteiger partial charge in [0.05, 0.1) is 13.2 Å². The van der Waals surface area contributed by atoms with Crippen LogP contribution in [-0.4, -0.2) is 53.4 Å². The number of nitrogens with zero attached hydrogens (tertiary/aromatic N) is 1. The molecule has 1 saturated heterocycles. The third-order valence-electron chi connectivity index (χ3n) is 4.67. The fourth-order valence-electron chi connectivity index (χ4n) is 3.10. The molecule has 1 aliphatic heterocycles. The van der Waals surface area contributed by atoms with Gasteiger partial charge in [0.1, 0.15) is 0 Å². The van der Waals surface area contributed by atoms with Crippen molar-refractivity contribution in [3.05, 3.63) is 66.4 Å². The van der Waals surface area contributed by atoms with Crippen molar-refractivity contribution in [2.75, 3.05) is 26.3 Å². The van der Waals surface area contributed by atoms with Crippen molar-refractivity contribution in [2.45, 2.75) is 25.7 Å². The van der Waals surface area contributed by atoms with Gasteiger partial charge in [-0.1, -0.05) is 30.3 Å². The van der Waals surface area contributed by atoms with Crippen LogP contribution in [0.1, 0.15) is 24.8 Å². The number of aryl methyl sites for hydroxylation is 1. The second-order valence-electron chi connectivity index (χ2n) is 7.28. The smallest absolute Gasteiger partial charge is 0.328 e. The first-order valence-electron chi connectivity index (χ1n) is 10.6. The predicted octanol–water partition coefficient (Wildman–Crippen LogP) is 3.18. The zero-order valence-electron chi connectivity index (χ0n) is 18.0. The van der Waals surface area contributed by atoms with Crippen LogP contribution in [0.2, 0.25) is 0 Å². The van der Waals surface area contributed by atoms with E-state index in [1.165, 1.54) is 18.4 Å². The van der Waals surface area contributed by atoms with E-state index in [0.29, 0.717) is 30.6 Å². The minimum Gasteiger partial charge on any atom is -0.488 e. The first kappa shape index (κ1) is 24.9. The molecule has 0 amide bonds. The summed E-state index contributed by atoms with van der Waals surface area (Å²) in [5.41, 5.74) is 1.34. The van der Waals surface area contributed by atoms with E-state index in [2.05, 4.69) is 34.6 Å². The summed E-state index contributed by atoms with van der Waals surface area (Å²) in [6.07, 6.45) is 7.29. The standard InChI is InChI=1S/C20H26N2O2.C4H4O4/c1-2-7-17(8-3-1)10-6-14-23-20-19(11-5-13-22-20)24-16-18-9-4-12-21-15-18;5-3(6)1-2-4(7)8/h1-3,5,7-8,11,13,18,21H,4,6,9-10,12,14-16H2;1-2H,(H,5,6)(H,7,8)/b;2-1+/t18-;/m0./s1. The molecule has 1 atom stereocenters. The first-order valence-corrected chi connectivity index (χ1v) is 10.6. The molecular formula is C24H30N2O6. The Morgan fingerprint density at radius 1 is 1.06 bits per heavy atom. The fourth-order valence-corrected chi connectivity index (χ4v) is 3.10. The van der Waals surface area contributed by atoms with E-state index in [1.54, 1.807) is 6.20 Å². The Morgan fingerprint density at radius 3 is 2.47 bits per heavy atom. The van der Waals surface area contributed by atoms with Crippen LogP contribution in [0.4, 0.5) is 0 Å². The Morgan fingerprint density at radius 2 is 1.81 bits per heavy atom. The van der Waals surface area contributed by atoms with Crippen molar-refractivity contribution in [1.82, 2.24) is 10.3 Å². The molecule has 1 fully saturated rings. The number of carbonyl (C=O) groups is 2. The van der Waals surface area contributed by atoms with Gasteiger partial charge < -0.3 is 25.0 Å². The molecule has 1 aliphatic rings. The number of nitrogens with one attached hydrogen (secondary N) is 1. The SMILES string of the molecule is O=C(O)/C=C/C(=O)O.c1ccc(CCCOc2ncccc2OC[C@H]2CCCNC2)cc1. The summed E-state index contributed by atoms with van der Waals surface area (Å²) in [7, 11) is 0. The number of piperidine rings is 1. The molecular weight excluding hydrogens is 412 g/mol. The third kappa shape index (κ3) is 10.6. The van der Waals surface area contributed by atoms with Crippen molar-refractivity contribution in [3.63, 3.8) is 0 Å². The normalized spacial score (nSPS) is 15.4. The number of ether oxygens (including phenoxy) is 2. The van der Waals surface area contributed by atoms with Crippen molar-refractivity contribution in [1.29, 1.82) is 0 Å². The Balaban J connectivity index is 0.000000390. The van der Waals surface area contributed by atoms with E-state index in [0.717, 1.165) is 38.3 Å². The monoisotopic (exact) mass is 442 g/mol. The van der Waals surface area contributed by atoms with Gasteiger partial charge in [-0.15, -0.1) is 0 Å². The maximum atomic E-state index is 9.55. The lowest BCUT2D eigenvalue weighted by Gasteiger charge is -2.23. The number of aliphatic carboxylic acids is 2.